The van der Waals surface area contributed by atoms with Crippen LogP contribution in [-0.4, -0.2) is 88.7 Å². The van der Waals surface area contributed by atoms with Crippen LogP contribution in [0.15, 0.2) is 35.9 Å². The molecule has 2 aliphatic rings. The topological polar surface area (TPSA) is 126 Å². The molecule has 3 rings (SSSR count). The van der Waals surface area contributed by atoms with E-state index in [4.69, 9.17) is 4.74 Å². The Labute approximate surface area is 234 Å². The zero-order valence-corrected chi connectivity index (χ0v) is 23.4. The summed E-state index contributed by atoms with van der Waals surface area (Å²) in [6.45, 7) is 5.28. The van der Waals surface area contributed by atoms with Gasteiger partial charge in [-0.2, -0.15) is 5.26 Å². The van der Waals surface area contributed by atoms with Gasteiger partial charge >= 0.3 is 13.2 Å². The molecule has 2 amide bonds. The van der Waals surface area contributed by atoms with Crippen LogP contribution in [0.25, 0.3) is 0 Å². The molecule has 0 aromatic heterocycles. The van der Waals surface area contributed by atoms with Gasteiger partial charge in [0.2, 0.25) is 0 Å². The molecule has 9 nitrogen and oxygen atoms in total. The summed E-state index contributed by atoms with van der Waals surface area (Å²) in [5.41, 5.74) is 0.782. The van der Waals surface area contributed by atoms with Crippen LogP contribution in [0.1, 0.15) is 57.1 Å². The minimum absolute atomic E-state index is 0.141. The van der Waals surface area contributed by atoms with Gasteiger partial charge in [-0.1, -0.05) is 42.7 Å². The molecule has 40 heavy (non-hydrogen) atoms. The van der Waals surface area contributed by atoms with Crippen molar-refractivity contribution in [2.75, 3.05) is 26.2 Å². The summed E-state index contributed by atoms with van der Waals surface area (Å²) < 4.78 is 33.0. The summed E-state index contributed by atoms with van der Waals surface area (Å²) in [4.78, 5) is 29.2. The van der Waals surface area contributed by atoms with Crippen molar-refractivity contribution in [2.45, 2.75) is 82.7 Å². The SMILES string of the molecule is Cc1ccc(CC(NC(=O)OC[C@@H]2CCCCCN2C(=O)C(C#N)=CC(C)(C)N2CCC(F)(F)C2)B(O)O)cc1. The van der Waals surface area contributed by atoms with E-state index in [1.165, 1.54) is 11.0 Å². The average molecular weight is 560 g/mol. The lowest BCUT2D eigenvalue weighted by Crippen LogP contribution is -2.49. The van der Waals surface area contributed by atoms with Crippen molar-refractivity contribution in [1.82, 2.24) is 15.1 Å². The maximum Gasteiger partial charge on any atom is 0.475 e. The number of nitriles is 1. The molecule has 12 heteroatoms. The highest BCUT2D eigenvalue weighted by Gasteiger charge is 2.43. The van der Waals surface area contributed by atoms with E-state index in [0.717, 1.165) is 24.0 Å². The molecule has 0 bridgehead atoms. The normalized spacial score (nSPS) is 20.8. The number of alkyl carbamates (subject to hydrolysis) is 1. The number of aryl methyl sites for hydroxylation is 1. The van der Waals surface area contributed by atoms with E-state index in [1.807, 2.05) is 37.3 Å². The maximum absolute atomic E-state index is 13.8. The van der Waals surface area contributed by atoms with Crippen LogP contribution in [-0.2, 0) is 16.0 Å². The van der Waals surface area contributed by atoms with Gasteiger partial charge in [-0.25, -0.2) is 13.6 Å². The number of alkyl halides is 2. The molecule has 2 heterocycles. The van der Waals surface area contributed by atoms with Crippen LogP contribution in [0.4, 0.5) is 13.6 Å². The number of hydrogen-bond donors (Lipinski definition) is 3. The lowest BCUT2D eigenvalue weighted by Gasteiger charge is -2.34. The molecule has 0 radical (unpaired) electrons. The number of nitrogens with zero attached hydrogens (tertiary/aromatic N) is 3. The van der Waals surface area contributed by atoms with Gasteiger partial charge in [-0.05, 0) is 51.7 Å². The number of amides is 2. The highest BCUT2D eigenvalue weighted by molar-refractivity contribution is 6.43. The lowest BCUT2D eigenvalue weighted by atomic mass is 9.76. The Bertz CT molecular complexity index is 1110. The van der Waals surface area contributed by atoms with E-state index in [9.17, 15) is 33.7 Å². The second kappa shape index (κ2) is 13.6. The van der Waals surface area contributed by atoms with Gasteiger partial charge in [0.1, 0.15) is 18.2 Å². The van der Waals surface area contributed by atoms with Crippen LogP contribution in [0, 0.1) is 18.3 Å². The number of halogens is 2. The zero-order chi connectivity index (χ0) is 29.5. The molecule has 0 aliphatic carbocycles. The largest absolute Gasteiger partial charge is 0.475 e. The predicted octanol–water partition coefficient (Wildman–Crippen LogP) is 2.99. The monoisotopic (exact) mass is 560 g/mol. The number of ether oxygens (including phenoxy) is 1. The molecular weight excluding hydrogens is 521 g/mol. The first-order valence-corrected chi connectivity index (χ1v) is 13.7. The van der Waals surface area contributed by atoms with E-state index < -0.39 is 49.1 Å². The Morgan fingerprint density at radius 2 is 1.95 bits per heavy atom. The summed E-state index contributed by atoms with van der Waals surface area (Å²) in [5, 5.41) is 31.9. The van der Waals surface area contributed by atoms with E-state index in [1.54, 1.807) is 18.7 Å². The fourth-order valence-corrected chi connectivity index (χ4v) is 5.16. The smallest absolute Gasteiger partial charge is 0.447 e. The number of hydrogen-bond acceptors (Lipinski definition) is 7. The van der Waals surface area contributed by atoms with Crippen molar-refractivity contribution >= 4 is 19.1 Å². The molecule has 1 aromatic rings. The Hall–Kier alpha value is -3.01. The highest BCUT2D eigenvalue weighted by Crippen LogP contribution is 2.33. The number of likely N-dealkylation sites (tertiary alicyclic amines) is 2. The van der Waals surface area contributed by atoms with E-state index >= 15 is 0 Å². The summed E-state index contributed by atoms with van der Waals surface area (Å²) in [7, 11) is -1.81. The minimum Gasteiger partial charge on any atom is -0.447 e. The Morgan fingerprint density at radius 3 is 2.55 bits per heavy atom. The first-order valence-electron chi connectivity index (χ1n) is 13.7. The van der Waals surface area contributed by atoms with Crippen LogP contribution < -0.4 is 5.32 Å². The van der Waals surface area contributed by atoms with Gasteiger partial charge in [-0.3, -0.25) is 9.69 Å². The number of rotatable bonds is 9. The van der Waals surface area contributed by atoms with Gasteiger partial charge in [0, 0.05) is 25.0 Å². The first kappa shape index (κ1) is 31.5. The van der Waals surface area contributed by atoms with E-state index in [2.05, 4.69) is 5.32 Å². The second-order valence-corrected chi connectivity index (χ2v) is 11.3. The van der Waals surface area contributed by atoms with Crippen LogP contribution in [0.3, 0.4) is 0 Å². The van der Waals surface area contributed by atoms with Crippen LogP contribution >= 0.6 is 0 Å². The second-order valence-electron chi connectivity index (χ2n) is 11.3. The third-order valence-corrected chi connectivity index (χ3v) is 7.62. The molecule has 1 aromatic carbocycles. The molecule has 1 unspecified atom stereocenters. The Balaban J connectivity index is 1.66. The predicted molar refractivity (Wildman–Crippen MR) is 146 cm³/mol. The zero-order valence-electron chi connectivity index (χ0n) is 23.4. The Morgan fingerprint density at radius 1 is 1.25 bits per heavy atom. The molecule has 2 atom stereocenters. The third-order valence-electron chi connectivity index (χ3n) is 7.62. The van der Waals surface area contributed by atoms with Gasteiger partial charge in [-0.15, -0.1) is 0 Å². The highest BCUT2D eigenvalue weighted by atomic mass is 19.3. The number of benzene rings is 1. The van der Waals surface area contributed by atoms with Gasteiger partial charge in [0.05, 0.1) is 18.5 Å². The van der Waals surface area contributed by atoms with Gasteiger partial charge in [0.25, 0.3) is 11.8 Å². The molecule has 2 fully saturated rings. The quantitative estimate of drug-likeness (QED) is 0.241. The molecule has 218 valence electrons. The summed E-state index contributed by atoms with van der Waals surface area (Å²) in [6.07, 6.45) is 3.42. The van der Waals surface area contributed by atoms with Crippen LogP contribution in [0.5, 0.6) is 0 Å². The molecule has 0 spiro atoms. The van der Waals surface area contributed by atoms with Gasteiger partial charge in [0.15, 0.2) is 0 Å². The molecular formula is C28H39BF2N4O5. The lowest BCUT2D eigenvalue weighted by molar-refractivity contribution is -0.129. The van der Waals surface area contributed by atoms with Crippen molar-refractivity contribution in [3.63, 3.8) is 0 Å². The van der Waals surface area contributed by atoms with Crippen molar-refractivity contribution in [2.24, 2.45) is 0 Å². The summed E-state index contributed by atoms with van der Waals surface area (Å²) >= 11 is 0. The maximum atomic E-state index is 13.8. The minimum atomic E-state index is -2.80. The molecule has 0 saturated carbocycles. The van der Waals surface area contributed by atoms with Crippen molar-refractivity contribution < 1.29 is 33.2 Å². The Kier molecular flexibility index (Phi) is 10.7. The fourth-order valence-electron chi connectivity index (χ4n) is 5.16. The van der Waals surface area contributed by atoms with Crippen molar-refractivity contribution in [3.05, 3.63) is 47.0 Å². The number of carbonyl (C=O) groups excluding carboxylic acids is 2. The van der Waals surface area contributed by atoms with Crippen LogP contribution in [0.2, 0.25) is 0 Å². The van der Waals surface area contributed by atoms with E-state index in [0.29, 0.717) is 19.4 Å². The van der Waals surface area contributed by atoms with Crippen molar-refractivity contribution in [1.29, 1.82) is 5.26 Å². The van der Waals surface area contributed by atoms with E-state index in [-0.39, 0.29) is 31.6 Å². The third kappa shape index (κ3) is 8.75. The fraction of sp³-hybridized carbons (Fsp3) is 0.607. The molecule has 2 aliphatic heterocycles. The standard InChI is InChI=1S/C28H39BF2N4O5/c1-20-8-10-21(11-9-20)15-24(29(38)39)33-26(37)40-18-23-7-5-4-6-13-35(23)25(36)22(17-32)16-27(2,3)34-14-12-28(30,31)19-34/h8-11,16,23-24,38-39H,4-7,12-15,18-19H2,1-3H3,(H,33,37)/t23-,24?/m0/s1. The molecule has 3 N–H and O–H groups in total. The molecule has 2 saturated heterocycles. The number of carbonyl (C=O) groups is 2. The average Bonchev–Trinajstić information content (AvgIpc) is 3.12. The van der Waals surface area contributed by atoms with Gasteiger partial charge < -0.3 is 25.0 Å². The van der Waals surface area contributed by atoms with Crippen molar-refractivity contribution in [3.8, 4) is 6.07 Å². The number of nitrogens with one attached hydrogen (secondary N) is 1. The first-order chi connectivity index (χ1) is 18.8. The summed E-state index contributed by atoms with van der Waals surface area (Å²) in [5.74, 6) is -4.34. The summed E-state index contributed by atoms with van der Waals surface area (Å²) in [6, 6.07) is 8.90.